The fraction of sp³-hybridized carbons (Fsp3) is 1.00. The van der Waals surface area contributed by atoms with E-state index in [-0.39, 0.29) is 12.6 Å². The topological polar surface area (TPSA) is 41.5 Å². The zero-order valence-corrected chi connectivity index (χ0v) is 8.04. The summed E-state index contributed by atoms with van der Waals surface area (Å²) in [4.78, 5) is 0. The first-order valence-corrected chi connectivity index (χ1v) is 5.35. The van der Waals surface area contributed by atoms with Crippen molar-refractivity contribution in [2.24, 2.45) is 5.92 Å². The highest BCUT2D eigenvalue weighted by Crippen LogP contribution is 2.23. The molecule has 3 nitrogen and oxygen atoms in total. The van der Waals surface area contributed by atoms with Crippen molar-refractivity contribution in [1.82, 2.24) is 5.32 Å². The Morgan fingerprint density at radius 3 is 2.77 bits per heavy atom. The largest absolute Gasteiger partial charge is 0.395 e. The molecule has 0 aromatic rings. The summed E-state index contributed by atoms with van der Waals surface area (Å²) in [6.07, 6.45) is 4.91. The van der Waals surface area contributed by atoms with Gasteiger partial charge >= 0.3 is 0 Å². The van der Waals surface area contributed by atoms with Crippen LogP contribution in [0, 0.1) is 5.92 Å². The molecular formula is C10H19NO2. The van der Waals surface area contributed by atoms with Crippen molar-refractivity contribution in [2.75, 3.05) is 19.8 Å². The molecule has 0 aromatic carbocycles. The van der Waals surface area contributed by atoms with Gasteiger partial charge in [0, 0.05) is 18.7 Å². The molecule has 0 radical (unpaired) electrons. The maximum absolute atomic E-state index is 9.24. The van der Waals surface area contributed by atoms with E-state index in [1.165, 1.54) is 19.3 Å². The third-order valence-corrected chi connectivity index (χ3v) is 2.99. The van der Waals surface area contributed by atoms with Crippen LogP contribution in [0.4, 0.5) is 0 Å². The molecule has 2 unspecified atom stereocenters. The molecule has 2 aliphatic rings. The van der Waals surface area contributed by atoms with Gasteiger partial charge in [-0.25, -0.2) is 0 Å². The Labute approximate surface area is 79.5 Å². The molecule has 1 aliphatic carbocycles. The average molecular weight is 185 g/mol. The Hall–Kier alpha value is -0.120. The van der Waals surface area contributed by atoms with Crippen LogP contribution < -0.4 is 5.32 Å². The van der Waals surface area contributed by atoms with E-state index >= 15 is 0 Å². The van der Waals surface area contributed by atoms with E-state index in [1.54, 1.807) is 0 Å². The first-order chi connectivity index (χ1) is 6.40. The summed E-state index contributed by atoms with van der Waals surface area (Å²) >= 11 is 0. The minimum absolute atomic E-state index is 0.254. The second kappa shape index (κ2) is 4.40. The van der Waals surface area contributed by atoms with Crippen molar-refractivity contribution in [2.45, 2.75) is 37.8 Å². The highest BCUT2D eigenvalue weighted by atomic mass is 16.5. The van der Waals surface area contributed by atoms with Gasteiger partial charge in [-0.1, -0.05) is 0 Å². The minimum Gasteiger partial charge on any atom is -0.395 e. The van der Waals surface area contributed by atoms with Gasteiger partial charge in [0.05, 0.1) is 13.2 Å². The summed E-state index contributed by atoms with van der Waals surface area (Å²) in [5, 5.41) is 12.7. The second-order valence-electron chi connectivity index (χ2n) is 4.21. The van der Waals surface area contributed by atoms with Gasteiger partial charge in [0.1, 0.15) is 0 Å². The Morgan fingerprint density at radius 1 is 1.38 bits per heavy atom. The average Bonchev–Trinajstić information content (AvgIpc) is 2.99. The van der Waals surface area contributed by atoms with Gasteiger partial charge in [-0.2, -0.15) is 0 Å². The van der Waals surface area contributed by atoms with Crippen LogP contribution in [0.25, 0.3) is 0 Å². The standard InChI is InChI=1S/C10H19NO2/c12-6-10(11-9-3-4-9)8-2-1-5-13-7-8/h8-12H,1-7H2. The molecule has 2 atom stereocenters. The smallest absolute Gasteiger partial charge is 0.0588 e. The molecule has 0 amide bonds. The zero-order valence-electron chi connectivity index (χ0n) is 8.04. The summed E-state index contributed by atoms with van der Waals surface area (Å²) in [5.74, 6) is 0.527. The van der Waals surface area contributed by atoms with Crippen LogP contribution in [-0.2, 0) is 4.74 Å². The molecule has 76 valence electrons. The third-order valence-electron chi connectivity index (χ3n) is 2.99. The normalized spacial score (nSPS) is 31.6. The molecule has 1 heterocycles. The Morgan fingerprint density at radius 2 is 2.23 bits per heavy atom. The highest BCUT2D eigenvalue weighted by Gasteiger charge is 2.29. The number of ether oxygens (including phenoxy) is 1. The summed E-state index contributed by atoms with van der Waals surface area (Å²) in [5.41, 5.74) is 0. The van der Waals surface area contributed by atoms with Crippen molar-refractivity contribution < 1.29 is 9.84 Å². The molecule has 1 saturated carbocycles. The molecule has 3 heteroatoms. The summed E-state index contributed by atoms with van der Waals surface area (Å²) in [6, 6.07) is 0.951. The molecular weight excluding hydrogens is 166 g/mol. The molecule has 2 rings (SSSR count). The van der Waals surface area contributed by atoms with Crippen LogP contribution in [0.15, 0.2) is 0 Å². The fourth-order valence-corrected chi connectivity index (χ4v) is 1.97. The first kappa shape index (κ1) is 9.44. The van der Waals surface area contributed by atoms with Crippen molar-refractivity contribution in [1.29, 1.82) is 0 Å². The fourth-order valence-electron chi connectivity index (χ4n) is 1.97. The minimum atomic E-state index is 0.254. The molecule has 0 aromatic heterocycles. The SMILES string of the molecule is OCC(NC1CC1)C1CCCOC1. The summed E-state index contributed by atoms with van der Waals surface area (Å²) in [6.45, 7) is 1.98. The van der Waals surface area contributed by atoms with E-state index in [0.29, 0.717) is 12.0 Å². The number of nitrogens with one attached hydrogen (secondary N) is 1. The van der Waals surface area contributed by atoms with Crippen LogP contribution >= 0.6 is 0 Å². The summed E-state index contributed by atoms with van der Waals surface area (Å²) in [7, 11) is 0. The predicted molar refractivity (Wildman–Crippen MR) is 50.6 cm³/mol. The lowest BCUT2D eigenvalue weighted by Crippen LogP contribution is -2.43. The maximum Gasteiger partial charge on any atom is 0.0588 e. The van der Waals surface area contributed by atoms with E-state index in [0.717, 1.165) is 19.6 Å². The van der Waals surface area contributed by atoms with E-state index < -0.39 is 0 Å². The number of aliphatic hydroxyl groups is 1. The predicted octanol–water partition coefficient (Wildman–Crippen LogP) is 0.526. The second-order valence-corrected chi connectivity index (χ2v) is 4.21. The molecule has 2 N–H and O–H groups in total. The third kappa shape index (κ3) is 2.66. The van der Waals surface area contributed by atoms with Crippen LogP contribution in [-0.4, -0.2) is 37.0 Å². The molecule has 1 saturated heterocycles. The first-order valence-electron chi connectivity index (χ1n) is 5.35. The van der Waals surface area contributed by atoms with Gasteiger partial charge in [0.25, 0.3) is 0 Å². The molecule has 2 fully saturated rings. The molecule has 1 aliphatic heterocycles. The Bertz CT molecular complexity index is 153. The maximum atomic E-state index is 9.24. The number of hydrogen-bond acceptors (Lipinski definition) is 3. The Balaban J connectivity index is 1.78. The van der Waals surface area contributed by atoms with E-state index in [9.17, 15) is 5.11 Å². The van der Waals surface area contributed by atoms with Crippen molar-refractivity contribution in [3.05, 3.63) is 0 Å². The van der Waals surface area contributed by atoms with Crippen LogP contribution in [0.3, 0.4) is 0 Å². The molecule has 13 heavy (non-hydrogen) atoms. The number of rotatable bonds is 4. The van der Waals surface area contributed by atoms with E-state index in [4.69, 9.17) is 4.74 Å². The zero-order chi connectivity index (χ0) is 9.10. The number of hydrogen-bond donors (Lipinski definition) is 2. The lowest BCUT2D eigenvalue weighted by Gasteiger charge is -2.29. The monoisotopic (exact) mass is 185 g/mol. The molecule has 0 spiro atoms. The van der Waals surface area contributed by atoms with Crippen molar-refractivity contribution in [3.63, 3.8) is 0 Å². The van der Waals surface area contributed by atoms with Crippen LogP contribution in [0.1, 0.15) is 25.7 Å². The van der Waals surface area contributed by atoms with Crippen molar-refractivity contribution in [3.8, 4) is 0 Å². The van der Waals surface area contributed by atoms with Gasteiger partial charge in [-0.05, 0) is 31.6 Å². The quantitative estimate of drug-likeness (QED) is 0.671. The van der Waals surface area contributed by atoms with Crippen LogP contribution in [0.2, 0.25) is 0 Å². The van der Waals surface area contributed by atoms with Gasteiger partial charge in [-0.15, -0.1) is 0 Å². The lowest BCUT2D eigenvalue weighted by molar-refractivity contribution is 0.0279. The van der Waals surface area contributed by atoms with E-state index in [2.05, 4.69) is 5.32 Å². The lowest BCUT2D eigenvalue weighted by atomic mass is 9.94. The van der Waals surface area contributed by atoms with Gasteiger partial charge < -0.3 is 15.2 Å². The van der Waals surface area contributed by atoms with Crippen molar-refractivity contribution >= 4 is 0 Å². The highest BCUT2D eigenvalue weighted by molar-refractivity contribution is 4.88. The Kier molecular flexibility index (Phi) is 3.19. The van der Waals surface area contributed by atoms with Crippen LogP contribution in [0.5, 0.6) is 0 Å². The van der Waals surface area contributed by atoms with Gasteiger partial charge in [0.2, 0.25) is 0 Å². The molecule has 0 bridgehead atoms. The summed E-state index contributed by atoms with van der Waals surface area (Å²) < 4.78 is 5.42. The van der Waals surface area contributed by atoms with E-state index in [1.807, 2.05) is 0 Å². The number of aliphatic hydroxyl groups excluding tert-OH is 1. The van der Waals surface area contributed by atoms with Gasteiger partial charge in [0.15, 0.2) is 0 Å². The van der Waals surface area contributed by atoms with Gasteiger partial charge in [-0.3, -0.25) is 0 Å².